The molecule has 0 aromatic heterocycles. The molecular weight excluding hydrogens is 316 g/mol. The molecule has 3 heteroatoms. The Bertz CT molecular complexity index is 658. The van der Waals surface area contributed by atoms with Gasteiger partial charge in [-0.25, -0.2) is 0 Å². The number of rotatable bonds is 5. The molecule has 0 heterocycles. The Morgan fingerprint density at radius 1 is 1.04 bits per heavy atom. The van der Waals surface area contributed by atoms with E-state index in [0.717, 1.165) is 17.9 Å². The van der Waals surface area contributed by atoms with E-state index in [9.17, 15) is 0 Å². The molecule has 1 saturated carbocycles. The van der Waals surface area contributed by atoms with Crippen LogP contribution in [0.5, 0.6) is 0 Å². The highest BCUT2D eigenvalue weighted by Gasteiger charge is 2.42. The van der Waals surface area contributed by atoms with Crippen molar-refractivity contribution in [3.63, 3.8) is 0 Å². The van der Waals surface area contributed by atoms with Gasteiger partial charge in [0.15, 0.2) is 0 Å². The number of halogens is 1. The van der Waals surface area contributed by atoms with Gasteiger partial charge in [-0.1, -0.05) is 73.0 Å². The Balaban J connectivity index is 1.91. The van der Waals surface area contributed by atoms with Gasteiger partial charge < -0.3 is 10.6 Å². The maximum absolute atomic E-state index is 6.58. The van der Waals surface area contributed by atoms with Crippen LogP contribution in [0, 0.1) is 0 Å². The molecule has 0 spiro atoms. The van der Waals surface area contributed by atoms with E-state index in [4.69, 9.17) is 11.6 Å². The van der Waals surface area contributed by atoms with Gasteiger partial charge in [-0.3, -0.25) is 0 Å². The number of hydrogen-bond donors (Lipinski definition) is 2. The first-order valence-electron chi connectivity index (χ1n) is 8.92. The van der Waals surface area contributed by atoms with E-state index in [2.05, 4.69) is 67.1 Å². The third kappa shape index (κ3) is 3.37. The minimum atomic E-state index is -0.111. The molecule has 0 bridgehead atoms. The zero-order valence-electron chi connectivity index (χ0n) is 14.6. The molecule has 0 unspecified atom stereocenters. The van der Waals surface area contributed by atoms with Crippen molar-refractivity contribution in [3.8, 4) is 0 Å². The van der Waals surface area contributed by atoms with Gasteiger partial charge in [0.1, 0.15) is 0 Å². The van der Waals surface area contributed by atoms with Gasteiger partial charge >= 0.3 is 0 Å². The van der Waals surface area contributed by atoms with E-state index < -0.39 is 0 Å². The Morgan fingerprint density at radius 3 is 2.46 bits per heavy atom. The van der Waals surface area contributed by atoms with Crippen LogP contribution in [-0.2, 0) is 5.54 Å². The topological polar surface area (TPSA) is 24.1 Å². The quantitative estimate of drug-likeness (QED) is 0.794. The maximum Gasteiger partial charge on any atom is 0.0602 e. The van der Waals surface area contributed by atoms with Crippen LogP contribution in [0.25, 0.3) is 0 Å². The van der Waals surface area contributed by atoms with E-state index in [1.165, 1.54) is 24.0 Å². The van der Waals surface area contributed by atoms with Crippen molar-refractivity contribution in [1.82, 2.24) is 10.6 Å². The number of hydrogen-bond acceptors (Lipinski definition) is 2. The lowest BCUT2D eigenvalue weighted by Gasteiger charge is -2.46. The SMILES string of the molecule is CN[C@@]1(c2ccccc2Cl)CCCC[C@@H]1N[C@H](C)c1ccccc1. The number of nitrogens with one attached hydrogen (secondary N) is 2. The predicted octanol–water partition coefficient (Wildman–Crippen LogP) is 5.05. The first-order valence-corrected chi connectivity index (χ1v) is 9.30. The van der Waals surface area contributed by atoms with Gasteiger partial charge in [0.05, 0.1) is 5.54 Å². The zero-order chi connectivity index (χ0) is 17.0. The second-order valence-electron chi connectivity index (χ2n) is 6.80. The number of likely N-dealkylation sites (N-methyl/N-ethyl adjacent to an activating group) is 1. The standard InChI is InChI=1S/C21H27ClN2/c1-16(17-10-4-3-5-11-17)24-20-14-8-9-15-21(20,23-2)18-12-6-7-13-19(18)22/h3-7,10-13,16,20,23-24H,8-9,14-15H2,1-2H3/t16-,20+,21-/m1/s1. The van der Waals surface area contributed by atoms with Crippen molar-refractivity contribution in [2.75, 3.05) is 7.05 Å². The summed E-state index contributed by atoms with van der Waals surface area (Å²) in [5.41, 5.74) is 2.43. The van der Waals surface area contributed by atoms with Crippen LogP contribution in [0.3, 0.4) is 0 Å². The maximum atomic E-state index is 6.58. The van der Waals surface area contributed by atoms with E-state index in [-0.39, 0.29) is 5.54 Å². The lowest BCUT2D eigenvalue weighted by molar-refractivity contribution is 0.168. The zero-order valence-corrected chi connectivity index (χ0v) is 15.3. The molecular formula is C21H27ClN2. The van der Waals surface area contributed by atoms with E-state index in [1.54, 1.807) is 0 Å². The Morgan fingerprint density at radius 2 is 1.75 bits per heavy atom. The summed E-state index contributed by atoms with van der Waals surface area (Å²) >= 11 is 6.58. The van der Waals surface area contributed by atoms with Gasteiger partial charge in [-0.2, -0.15) is 0 Å². The minimum absolute atomic E-state index is 0.111. The summed E-state index contributed by atoms with van der Waals surface area (Å²) in [5, 5.41) is 8.37. The highest BCUT2D eigenvalue weighted by molar-refractivity contribution is 6.31. The highest BCUT2D eigenvalue weighted by Crippen LogP contribution is 2.41. The van der Waals surface area contributed by atoms with Crippen LogP contribution < -0.4 is 10.6 Å². The van der Waals surface area contributed by atoms with Crippen LogP contribution in [0.2, 0.25) is 5.02 Å². The summed E-state index contributed by atoms with van der Waals surface area (Å²) in [7, 11) is 2.07. The van der Waals surface area contributed by atoms with Gasteiger partial charge in [0.25, 0.3) is 0 Å². The molecule has 0 radical (unpaired) electrons. The smallest absolute Gasteiger partial charge is 0.0602 e. The van der Waals surface area contributed by atoms with Crippen molar-refractivity contribution in [3.05, 3.63) is 70.7 Å². The summed E-state index contributed by atoms with van der Waals surface area (Å²) in [4.78, 5) is 0. The van der Waals surface area contributed by atoms with Crippen molar-refractivity contribution >= 4 is 11.6 Å². The molecule has 0 aliphatic heterocycles. The molecule has 0 saturated heterocycles. The van der Waals surface area contributed by atoms with Crippen molar-refractivity contribution in [1.29, 1.82) is 0 Å². The molecule has 0 amide bonds. The van der Waals surface area contributed by atoms with E-state index in [0.29, 0.717) is 12.1 Å². The molecule has 2 aromatic rings. The van der Waals surface area contributed by atoms with Crippen LogP contribution in [0.15, 0.2) is 54.6 Å². The van der Waals surface area contributed by atoms with Gasteiger partial charge in [-0.15, -0.1) is 0 Å². The van der Waals surface area contributed by atoms with E-state index >= 15 is 0 Å². The summed E-state index contributed by atoms with van der Waals surface area (Å²) in [5.74, 6) is 0. The van der Waals surface area contributed by atoms with Crippen LogP contribution in [0.4, 0.5) is 0 Å². The van der Waals surface area contributed by atoms with Gasteiger partial charge in [0.2, 0.25) is 0 Å². The Labute approximate surface area is 150 Å². The lowest BCUT2D eigenvalue weighted by atomic mass is 9.72. The first kappa shape index (κ1) is 17.5. The lowest BCUT2D eigenvalue weighted by Crippen LogP contribution is -2.58. The predicted molar refractivity (Wildman–Crippen MR) is 102 cm³/mol. The second kappa shape index (κ2) is 7.69. The monoisotopic (exact) mass is 342 g/mol. The molecule has 3 rings (SSSR count). The van der Waals surface area contributed by atoms with Crippen molar-refractivity contribution in [2.45, 2.75) is 50.2 Å². The number of benzene rings is 2. The van der Waals surface area contributed by atoms with Crippen LogP contribution in [0.1, 0.15) is 49.8 Å². The molecule has 3 atom stereocenters. The van der Waals surface area contributed by atoms with Gasteiger partial charge in [-0.05, 0) is 44.0 Å². The molecule has 1 fully saturated rings. The molecule has 2 nitrogen and oxygen atoms in total. The normalized spacial score (nSPS) is 25.4. The largest absolute Gasteiger partial charge is 0.309 e. The van der Waals surface area contributed by atoms with Crippen molar-refractivity contribution < 1.29 is 0 Å². The first-order chi connectivity index (χ1) is 11.7. The van der Waals surface area contributed by atoms with Gasteiger partial charge in [0, 0.05) is 17.1 Å². The molecule has 24 heavy (non-hydrogen) atoms. The summed E-state index contributed by atoms with van der Waals surface area (Å²) in [6.07, 6.45) is 4.74. The van der Waals surface area contributed by atoms with Crippen molar-refractivity contribution in [2.24, 2.45) is 0 Å². The second-order valence-corrected chi connectivity index (χ2v) is 7.21. The summed E-state index contributed by atoms with van der Waals surface area (Å²) in [6.45, 7) is 2.25. The molecule has 1 aliphatic carbocycles. The fourth-order valence-electron chi connectivity index (χ4n) is 4.12. The fourth-order valence-corrected chi connectivity index (χ4v) is 4.42. The third-order valence-corrected chi connectivity index (χ3v) is 5.79. The third-order valence-electron chi connectivity index (χ3n) is 5.46. The summed E-state index contributed by atoms with van der Waals surface area (Å²) < 4.78 is 0. The fraction of sp³-hybridized carbons (Fsp3) is 0.429. The molecule has 128 valence electrons. The highest BCUT2D eigenvalue weighted by atomic mass is 35.5. The molecule has 1 aliphatic rings. The van der Waals surface area contributed by atoms with Crippen LogP contribution >= 0.6 is 11.6 Å². The Kier molecular flexibility index (Phi) is 5.60. The minimum Gasteiger partial charge on any atom is -0.309 e. The average Bonchev–Trinajstić information content (AvgIpc) is 2.63. The summed E-state index contributed by atoms with van der Waals surface area (Å²) in [6, 6.07) is 19.6. The average molecular weight is 343 g/mol. The van der Waals surface area contributed by atoms with E-state index in [1.807, 2.05) is 12.1 Å². The molecule has 2 aromatic carbocycles. The Hall–Kier alpha value is -1.35. The van der Waals surface area contributed by atoms with Crippen LogP contribution in [-0.4, -0.2) is 13.1 Å². The molecule has 2 N–H and O–H groups in total.